The molecule has 1 aromatic rings. The molecule has 1 aromatic heterocycles. The van der Waals surface area contributed by atoms with Crippen LogP contribution in [-0.2, 0) is 0 Å². The predicted octanol–water partition coefficient (Wildman–Crippen LogP) is 1.05. The Morgan fingerprint density at radius 3 is 2.33 bits per heavy atom. The standard InChI is InChI=1S/C10H12N2O3/c1-14-8-5-12-6-9(15-2)10(8)7(13)3-4-11/h5-7,13H,3H2,1-2H3. The van der Waals surface area contributed by atoms with E-state index in [4.69, 9.17) is 14.7 Å². The molecule has 0 aromatic carbocycles. The van der Waals surface area contributed by atoms with Crippen LogP contribution in [0.25, 0.3) is 0 Å². The summed E-state index contributed by atoms with van der Waals surface area (Å²) in [7, 11) is 2.94. The third-order valence-electron chi connectivity index (χ3n) is 1.97. The van der Waals surface area contributed by atoms with Crippen LogP contribution in [0.15, 0.2) is 12.4 Å². The number of ether oxygens (including phenoxy) is 2. The lowest BCUT2D eigenvalue weighted by Gasteiger charge is -2.15. The molecule has 0 saturated carbocycles. The lowest BCUT2D eigenvalue weighted by molar-refractivity contribution is 0.173. The molecule has 0 saturated heterocycles. The Bertz CT molecular complexity index is 351. The Balaban J connectivity index is 3.16. The smallest absolute Gasteiger partial charge is 0.146 e. The quantitative estimate of drug-likeness (QED) is 0.800. The fraction of sp³-hybridized carbons (Fsp3) is 0.400. The molecule has 1 N–H and O–H groups in total. The molecule has 0 fully saturated rings. The van der Waals surface area contributed by atoms with Gasteiger partial charge < -0.3 is 14.6 Å². The number of rotatable bonds is 4. The van der Waals surface area contributed by atoms with E-state index in [0.717, 1.165) is 0 Å². The van der Waals surface area contributed by atoms with Gasteiger partial charge in [0.05, 0.1) is 50.8 Å². The van der Waals surface area contributed by atoms with Gasteiger partial charge in [-0.05, 0) is 0 Å². The minimum Gasteiger partial charge on any atom is -0.495 e. The molecule has 5 heteroatoms. The van der Waals surface area contributed by atoms with Crippen molar-refractivity contribution in [1.82, 2.24) is 4.98 Å². The Hall–Kier alpha value is -1.80. The molecule has 0 aliphatic carbocycles. The average molecular weight is 208 g/mol. The van der Waals surface area contributed by atoms with E-state index in [1.807, 2.05) is 6.07 Å². The van der Waals surface area contributed by atoms with E-state index in [1.54, 1.807) is 0 Å². The van der Waals surface area contributed by atoms with Crippen LogP contribution in [0.4, 0.5) is 0 Å². The highest BCUT2D eigenvalue weighted by molar-refractivity contribution is 5.43. The fourth-order valence-electron chi connectivity index (χ4n) is 1.28. The number of methoxy groups -OCH3 is 2. The second-order valence-electron chi connectivity index (χ2n) is 2.84. The molecule has 1 unspecified atom stereocenters. The number of aliphatic hydroxyl groups is 1. The van der Waals surface area contributed by atoms with Crippen molar-refractivity contribution in [3.05, 3.63) is 18.0 Å². The Morgan fingerprint density at radius 1 is 1.40 bits per heavy atom. The third-order valence-corrected chi connectivity index (χ3v) is 1.97. The zero-order chi connectivity index (χ0) is 11.3. The van der Waals surface area contributed by atoms with E-state index < -0.39 is 6.10 Å². The summed E-state index contributed by atoms with van der Waals surface area (Å²) >= 11 is 0. The van der Waals surface area contributed by atoms with Crippen LogP contribution in [0.1, 0.15) is 18.1 Å². The van der Waals surface area contributed by atoms with Crippen molar-refractivity contribution in [2.45, 2.75) is 12.5 Å². The molecule has 0 aliphatic heterocycles. The van der Waals surface area contributed by atoms with Crippen molar-refractivity contribution in [1.29, 1.82) is 5.26 Å². The summed E-state index contributed by atoms with van der Waals surface area (Å²) in [5, 5.41) is 18.3. The molecule has 1 heterocycles. The van der Waals surface area contributed by atoms with Crippen LogP contribution in [0.3, 0.4) is 0 Å². The number of hydrogen-bond acceptors (Lipinski definition) is 5. The summed E-state index contributed by atoms with van der Waals surface area (Å²) in [6, 6.07) is 1.89. The van der Waals surface area contributed by atoms with Crippen molar-refractivity contribution in [2.75, 3.05) is 14.2 Å². The minimum atomic E-state index is -0.928. The SMILES string of the molecule is COc1cncc(OC)c1C(O)CC#N. The molecule has 5 nitrogen and oxygen atoms in total. The third kappa shape index (κ3) is 2.36. The lowest BCUT2D eigenvalue weighted by Crippen LogP contribution is -2.03. The van der Waals surface area contributed by atoms with Crippen molar-refractivity contribution >= 4 is 0 Å². The van der Waals surface area contributed by atoms with Crippen LogP contribution in [0, 0.1) is 11.3 Å². The first-order chi connectivity index (χ1) is 7.24. The van der Waals surface area contributed by atoms with Gasteiger partial charge in [0.2, 0.25) is 0 Å². The zero-order valence-electron chi connectivity index (χ0n) is 8.60. The van der Waals surface area contributed by atoms with Gasteiger partial charge in [-0.2, -0.15) is 5.26 Å². The van der Waals surface area contributed by atoms with Crippen LogP contribution in [0.5, 0.6) is 11.5 Å². The maximum Gasteiger partial charge on any atom is 0.146 e. The number of aliphatic hydroxyl groups excluding tert-OH is 1. The van der Waals surface area contributed by atoms with E-state index >= 15 is 0 Å². The molecule has 0 bridgehead atoms. The van der Waals surface area contributed by atoms with Crippen molar-refractivity contribution in [3.63, 3.8) is 0 Å². The molecule has 15 heavy (non-hydrogen) atoms. The summed E-state index contributed by atoms with van der Waals surface area (Å²) in [5.41, 5.74) is 0.455. The molecule has 0 amide bonds. The summed E-state index contributed by atoms with van der Waals surface area (Å²) < 4.78 is 10.1. The minimum absolute atomic E-state index is 0.0171. The first-order valence-electron chi connectivity index (χ1n) is 4.35. The van der Waals surface area contributed by atoms with Gasteiger partial charge in [-0.1, -0.05) is 0 Å². The van der Waals surface area contributed by atoms with Crippen LogP contribution in [0.2, 0.25) is 0 Å². The summed E-state index contributed by atoms with van der Waals surface area (Å²) in [5.74, 6) is 0.828. The van der Waals surface area contributed by atoms with E-state index in [1.165, 1.54) is 26.6 Å². The maximum absolute atomic E-state index is 9.73. The highest BCUT2D eigenvalue weighted by atomic mass is 16.5. The van der Waals surface area contributed by atoms with Gasteiger partial charge in [-0.3, -0.25) is 4.98 Å². The monoisotopic (exact) mass is 208 g/mol. The van der Waals surface area contributed by atoms with Gasteiger partial charge in [-0.25, -0.2) is 0 Å². The highest BCUT2D eigenvalue weighted by Crippen LogP contribution is 2.34. The maximum atomic E-state index is 9.73. The molecule has 80 valence electrons. The van der Waals surface area contributed by atoms with E-state index in [2.05, 4.69) is 4.98 Å². The van der Waals surface area contributed by atoms with Gasteiger partial charge in [-0.15, -0.1) is 0 Å². The number of hydrogen-bond donors (Lipinski definition) is 1. The molecular formula is C10H12N2O3. The largest absolute Gasteiger partial charge is 0.495 e. The normalized spacial score (nSPS) is 11.6. The summed E-state index contributed by atoms with van der Waals surface area (Å²) in [6.07, 6.45) is 2.00. The molecule has 0 spiro atoms. The fourth-order valence-corrected chi connectivity index (χ4v) is 1.28. The van der Waals surface area contributed by atoms with Gasteiger partial charge in [0.15, 0.2) is 0 Å². The topological polar surface area (TPSA) is 75.4 Å². The van der Waals surface area contributed by atoms with E-state index in [-0.39, 0.29) is 6.42 Å². The number of pyridine rings is 1. The van der Waals surface area contributed by atoms with Crippen molar-refractivity contribution in [3.8, 4) is 17.6 Å². The molecule has 1 rings (SSSR count). The highest BCUT2D eigenvalue weighted by Gasteiger charge is 2.18. The second-order valence-corrected chi connectivity index (χ2v) is 2.84. The van der Waals surface area contributed by atoms with Gasteiger partial charge in [0.25, 0.3) is 0 Å². The first-order valence-corrected chi connectivity index (χ1v) is 4.35. The van der Waals surface area contributed by atoms with Crippen LogP contribution in [-0.4, -0.2) is 24.3 Å². The van der Waals surface area contributed by atoms with Gasteiger partial charge >= 0.3 is 0 Å². The van der Waals surface area contributed by atoms with Gasteiger partial charge in [0.1, 0.15) is 11.5 Å². The van der Waals surface area contributed by atoms with Crippen molar-refractivity contribution < 1.29 is 14.6 Å². The predicted molar refractivity (Wildman–Crippen MR) is 52.5 cm³/mol. The molecule has 0 radical (unpaired) electrons. The summed E-state index contributed by atoms with van der Waals surface area (Å²) in [4.78, 5) is 3.89. The van der Waals surface area contributed by atoms with Gasteiger partial charge in [0, 0.05) is 0 Å². The zero-order valence-corrected chi connectivity index (χ0v) is 8.60. The Labute approximate surface area is 87.9 Å². The lowest BCUT2D eigenvalue weighted by atomic mass is 10.1. The van der Waals surface area contributed by atoms with E-state index in [9.17, 15) is 5.11 Å². The first kappa shape index (κ1) is 11.3. The van der Waals surface area contributed by atoms with Crippen molar-refractivity contribution in [2.24, 2.45) is 0 Å². The summed E-state index contributed by atoms with van der Waals surface area (Å²) in [6.45, 7) is 0. The Morgan fingerprint density at radius 2 is 1.93 bits per heavy atom. The number of nitriles is 1. The van der Waals surface area contributed by atoms with Crippen LogP contribution < -0.4 is 9.47 Å². The number of aromatic nitrogens is 1. The van der Waals surface area contributed by atoms with Crippen LogP contribution >= 0.6 is 0 Å². The average Bonchev–Trinajstić information content (AvgIpc) is 2.28. The second kappa shape index (κ2) is 5.17. The molecule has 1 atom stereocenters. The Kier molecular flexibility index (Phi) is 3.89. The molecular weight excluding hydrogens is 196 g/mol. The molecule has 0 aliphatic rings. The number of nitrogens with zero attached hydrogens (tertiary/aromatic N) is 2. The van der Waals surface area contributed by atoms with E-state index in [0.29, 0.717) is 17.1 Å².